The maximum absolute atomic E-state index is 13.1. The number of carbonyl (C=O) groups is 1. The molecule has 0 saturated carbocycles. The first-order valence-corrected chi connectivity index (χ1v) is 12.8. The van der Waals surface area contributed by atoms with E-state index in [4.69, 9.17) is 10.1 Å². The average Bonchev–Trinajstić information content (AvgIpc) is 2.74. The van der Waals surface area contributed by atoms with Crippen molar-refractivity contribution in [3.8, 4) is 5.75 Å². The largest absolute Gasteiger partial charge is 0.506 e. The summed E-state index contributed by atoms with van der Waals surface area (Å²) in [6.45, 7) is 2.17. The lowest BCUT2D eigenvalue weighted by molar-refractivity contribution is -0.116. The second-order valence-corrected chi connectivity index (χ2v) is 10.4. The van der Waals surface area contributed by atoms with Crippen LogP contribution in [0.3, 0.4) is 0 Å². The molecule has 2 N–H and O–H groups in total. The number of nitrogens with one attached hydrogen (secondary N) is 1. The molecular formula is C21H20I2N4O2S. The number of phenols is 1. The Morgan fingerprint density at radius 1 is 1.20 bits per heavy atom. The molecule has 0 radical (unpaired) electrons. The Kier molecular flexibility index (Phi) is 6.88. The fourth-order valence-corrected chi connectivity index (χ4v) is 6.03. The Labute approximate surface area is 206 Å². The first kappa shape index (κ1) is 21.9. The number of hydrogen-bond donors (Lipinski definition) is 2. The monoisotopic (exact) mass is 646 g/mol. The van der Waals surface area contributed by atoms with Crippen molar-refractivity contribution in [2.24, 2.45) is 10.1 Å². The number of carbonyl (C=O) groups excluding carboxylic acids is 1. The highest BCUT2D eigenvalue weighted by Gasteiger charge is 2.34. The van der Waals surface area contributed by atoms with E-state index in [1.165, 1.54) is 0 Å². The van der Waals surface area contributed by atoms with E-state index in [-0.39, 0.29) is 11.7 Å². The van der Waals surface area contributed by atoms with E-state index >= 15 is 0 Å². The number of thioether (sulfide) groups is 1. The van der Waals surface area contributed by atoms with E-state index in [1.54, 1.807) is 16.8 Å². The van der Waals surface area contributed by atoms with Gasteiger partial charge in [-0.15, -0.1) is 5.10 Å². The molecular weight excluding hydrogens is 626 g/mol. The van der Waals surface area contributed by atoms with Crippen molar-refractivity contribution in [2.75, 3.05) is 5.75 Å². The van der Waals surface area contributed by atoms with E-state index in [9.17, 15) is 9.90 Å². The summed E-state index contributed by atoms with van der Waals surface area (Å²) in [5.41, 5.74) is 1.38. The van der Waals surface area contributed by atoms with Crippen LogP contribution < -0.4 is 15.9 Å². The number of amidine groups is 1. The van der Waals surface area contributed by atoms with E-state index < -0.39 is 6.17 Å². The lowest BCUT2D eigenvalue weighted by atomic mass is 10.1. The lowest BCUT2D eigenvalue weighted by Gasteiger charge is -2.34. The van der Waals surface area contributed by atoms with Gasteiger partial charge in [-0.2, -0.15) is 0 Å². The van der Waals surface area contributed by atoms with Crippen LogP contribution in [0.5, 0.6) is 5.75 Å². The van der Waals surface area contributed by atoms with Gasteiger partial charge in [0.2, 0.25) is 0 Å². The fourth-order valence-electron chi connectivity index (χ4n) is 3.36. The maximum Gasteiger partial charge on any atom is 0.276 e. The van der Waals surface area contributed by atoms with Crippen molar-refractivity contribution < 1.29 is 9.90 Å². The van der Waals surface area contributed by atoms with Gasteiger partial charge >= 0.3 is 0 Å². The highest BCUT2D eigenvalue weighted by atomic mass is 127. The quantitative estimate of drug-likeness (QED) is 0.385. The van der Waals surface area contributed by atoms with Gasteiger partial charge in [0, 0.05) is 16.5 Å². The second kappa shape index (κ2) is 9.43. The summed E-state index contributed by atoms with van der Waals surface area (Å²) in [6, 6.07) is 11.4. The third-order valence-electron chi connectivity index (χ3n) is 4.84. The molecule has 2 aliphatic rings. The Hall–Kier alpha value is -1.34. The van der Waals surface area contributed by atoms with Crippen molar-refractivity contribution in [1.82, 2.24) is 10.3 Å². The van der Waals surface area contributed by atoms with E-state index in [0.717, 1.165) is 48.3 Å². The first-order valence-electron chi connectivity index (χ1n) is 9.66. The third kappa shape index (κ3) is 4.33. The molecule has 2 aromatic rings. The summed E-state index contributed by atoms with van der Waals surface area (Å²) in [4.78, 5) is 18.0. The number of hydrazone groups is 1. The number of halogens is 2. The third-order valence-corrected chi connectivity index (χ3v) is 7.43. The summed E-state index contributed by atoms with van der Waals surface area (Å²) < 4.78 is 1.48. The number of benzene rings is 2. The summed E-state index contributed by atoms with van der Waals surface area (Å²) in [6.07, 6.45) is 2.91. The highest BCUT2D eigenvalue weighted by molar-refractivity contribution is 14.1. The van der Waals surface area contributed by atoms with Crippen molar-refractivity contribution in [3.63, 3.8) is 0 Å². The zero-order valence-corrected chi connectivity index (χ0v) is 21.4. The number of fused-ring (bicyclic) bond motifs is 2. The lowest BCUT2D eigenvalue weighted by Crippen LogP contribution is -2.50. The molecule has 2 aromatic carbocycles. The van der Waals surface area contributed by atoms with E-state index in [0.29, 0.717) is 10.9 Å². The number of nitrogens with zero attached hydrogens (tertiary/aromatic N) is 3. The second-order valence-electron chi connectivity index (χ2n) is 6.96. The van der Waals surface area contributed by atoms with Crippen molar-refractivity contribution in [1.29, 1.82) is 0 Å². The molecule has 156 valence electrons. The van der Waals surface area contributed by atoms with E-state index in [2.05, 4.69) is 57.4 Å². The zero-order chi connectivity index (χ0) is 21.3. The van der Waals surface area contributed by atoms with Gasteiger partial charge in [0.1, 0.15) is 11.4 Å². The zero-order valence-electron chi connectivity index (χ0n) is 16.2. The van der Waals surface area contributed by atoms with Crippen LogP contribution in [0, 0.1) is 7.14 Å². The summed E-state index contributed by atoms with van der Waals surface area (Å²) in [5.74, 6) is 0.995. The molecule has 1 atom stereocenters. The number of para-hydroxylation sites is 1. The predicted molar refractivity (Wildman–Crippen MR) is 136 cm³/mol. The van der Waals surface area contributed by atoms with Crippen LogP contribution in [0.2, 0.25) is 0 Å². The highest BCUT2D eigenvalue weighted by Crippen LogP contribution is 2.35. The van der Waals surface area contributed by atoms with E-state index in [1.807, 2.05) is 36.4 Å². The Bertz CT molecular complexity index is 1130. The standard InChI is InChI=1S/C21H20I2N4O2S/c1-2-3-6-9-30-21-25-20(29)17-13-7-4-5-8-16(13)24-19(27(17)26-21)12-10-14(22)18(28)15(23)11-12/h4-5,7-8,10-11,19,28H,2-3,6,9H2,1H3,(H,25,26,29). The minimum Gasteiger partial charge on any atom is -0.506 e. The van der Waals surface area contributed by atoms with Crippen LogP contribution in [0.25, 0.3) is 5.70 Å². The van der Waals surface area contributed by atoms with Gasteiger partial charge in [-0.1, -0.05) is 49.7 Å². The number of amides is 1. The van der Waals surface area contributed by atoms with Gasteiger partial charge in [0.15, 0.2) is 11.3 Å². The van der Waals surface area contributed by atoms with Crippen LogP contribution in [0.1, 0.15) is 37.9 Å². The van der Waals surface area contributed by atoms with Gasteiger partial charge in [0.25, 0.3) is 5.91 Å². The van der Waals surface area contributed by atoms with Crippen LogP contribution >= 0.6 is 56.9 Å². The van der Waals surface area contributed by atoms with Gasteiger partial charge < -0.3 is 5.11 Å². The first-order chi connectivity index (χ1) is 14.5. The van der Waals surface area contributed by atoms with Crippen LogP contribution in [0.15, 0.2) is 46.5 Å². The molecule has 0 bridgehead atoms. The summed E-state index contributed by atoms with van der Waals surface area (Å²) in [5, 5.41) is 21.8. The number of rotatable bonds is 5. The number of unbranched alkanes of at least 4 members (excludes halogenated alkanes) is 2. The molecule has 1 unspecified atom stereocenters. The molecule has 2 aliphatic heterocycles. The van der Waals surface area contributed by atoms with Gasteiger partial charge in [-0.05, 0) is 69.8 Å². The molecule has 0 fully saturated rings. The summed E-state index contributed by atoms with van der Waals surface area (Å²) >= 11 is 5.79. The molecule has 6 nitrogen and oxygen atoms in total. The van der Waals surface area contributed by atoms with Crippen LogP contribution in [-0.4, -0.2) is 26.9 Å². The normalized spacial score (nSPS) is 17.6. The molecule has 0 aromatic heterocycles. The number of phenolic OH excluding ortho intramolecular Hbond substituents is 1. The number of hydrogen-bond acceptors (Lipinski definition) is 6. The molecule has 2 heterocycles. The van der Waals surface area contributed by atoms with Gasteiger partial charge in [-0.25, -0.2) is 5.01 Å². The van der Waals surface area contributed by atoms with Crippen LogP contribution in [-0.2, 0) is 4.79 Å². The Morgan fingerprint density at radius 3 is 2.67 bits per heavy atom. The van der Waals surface area contributed by atoms with Crippen molar-refractivity contribution in [2.45, 2.75) is 32.4 Å². The minimum atomic E-state index is -0.477. The predicted octanol–water partition coefficient (Wildman–Crippen LogP) is 3.67. The van der Waals surface area contributed by atoms with Gasteiger partial charge in [-0.3, -0.25) is 15.1 Å². The Balaban J connectivity index is 1.81. The molecule has 0 spiro atoms. The maximum atomic E-state index is 13.1. The minimum absolute atomic E-state index is 0.168. The smallest absolute Gasteiger partial charge is 0.276 e. The molecule has 0 saturated heterocycles. The van der Waals surface area contributed by atoms with Gasteiger partial charge in [0.05, 0.1) is 12.5 Å². The molecule has 9 heteroatoms. The van der Waals surface area contributed by atoms with Crippen molar-refractivity contribution in [3.05, 3.63) is 59.7 Å². The summed E-state index contributed by atoms with van der Waals surface area (Å²) in [7, 11) is 0. The molecule has 4 rings (SSSR count). The number of aromatic hydroxyl groups is 1. The SMILES string of the molecule is CCCCCSC1=NN2C(=c3ccccc3=NC2c2cc(I)c(O)c(I)c2)C(=O)N1. The fraction of sp³-hybridized carbons (Fsp3) is 0.286. The molecule has 0 aliphatic carbocycles. The van der Waals surface area contributed by atoms with Crippen molar-refractivity contribution >= 4 is 73.7 Å². The molecule has 30 heavy (non-hydrogen) atoms. The van der Waals surface area contributed by atoms with Crippen LogP contribution in [0.4, 0.5) is 0 Å². The average molecular weight is 646 g/mol. The topological polar surface area (TPSA) is 77.3 Å². The molecule has 1 amide bonds. The Morgan fingerprint density at radius 2 is 1.93 bits per heavy atom.